The van der Waals surface area contributed by atoms with Gasteiger partial charge in [0, 0.05) is 6.07 Å². The number of hydrogen-bond acceptors (Lipinski definition) is 3. The zero-order valence-electron chi connectivity index (χ0n) is 10.3. The maximum Gasteiger partial charge on any atom is 0.158 e. The minimum atomic E-state index is 0.151. The highest BCUT2D eigenvalue weighted by molar-refractivity contribution is 5.39. The maximum absolute atomic E-state index is 5.56. The fourth-order valence-electron chi connectivity index (χ4n) is 1.53. The maximum atomic E-state index is 5.56. The Balaban J connectivity index is 2.24. The van der Waals surface area contributed by atoms with Crippen LogP contribution in [0.1, 0.15) is 13.8 Å². The molecule has 0 radical (unpaired) electrons. The Kier molecular flexibility index (Phi) is 3.32. The molecule has 2 rings (SSSR count). The molecule has 17 heavy (non-hydrogen) atoms. The first kappa shape index (κ1) is 11.5. The summed E-state index contributed by atoms with van der Waals surface area (Å²) < 4.78 is 12.5. The van der Waals surface area contributed by atoms with Gasteiger partial charge >= 0.3 is 0 Å². The Labute approximate surface area is 101 Å². The molecule has 0 saturated heterocycles. The Hall–Kier alpha value is -1.97. The summed E-state index contributed by atoms with van der Waals surface area (Å²) in [6, 6.07) is 7.72. The van der Waals surface area contributed by atoms with Crippen molar-refractivity contribution < 1.29 is 9.47 Å². The van der Waals surface area contributed by atoms with Crippen LogP contribution in [0.2, 0.25) is 0 Å². The van der Waals surface area contributed by atoms with Crippen molar-refractivity contribution in [2.45, 2.75) is 20.0 Å². The van der Waals surface area contributed by atoms with E-state index in [-0.39, 0.29) is 6.10 Å². The molecule has 4 heteroatoms. The number of benzene rings is 1. The molecule has 0 amide bonds. The number of hydrogen-bond donors (Lipinski definition) is 0. The summed E-state index contributed by atoms with van der Waals surface area (Å²) in [5, 5.41) is 4.25. The molecule has 2 aromatic rings. The topological polar surface area (TPSA) is 36.3 Å². The van der Waals surface area contributed by atoms with E-state index in [9.17, 15) is 0 Å². The molecule has 0 bridgehead atoms. The first-order valence-corrected chi connectivity index (χ1v) is 5.55. The van der Waals surface area contributed by atoms with Crippen molar-refractivity contribution in [3.63, 3.8) is 0 Å². The average molecular weight is 232 g/mol. The van der Waals surface area contributed by atoms with E-state index in [1.165, 1.54) is 0 Å². The summed E-state index contributed by atoms with van der Waals surface area (Å²) in [4.78, 5) is 0. The van der Waals surface area contributed by atoms with Crippen LogP contribution in [0.4, 0.5) is 0 Å². The number of rotatable bonds is 4. The molecular weight excluding hydrogens is 216 g/mol. The summed E-state index contributed by atoms with van der Waals surface area (Å²) in [5.41, 5.74) is 0.947. The van der Waals surface area contributed by atoms with E-state index in [0.717, 1.165) is 17.2 Å². The van der Waals surface area contributed by atoms with Gasteiger partial charge in [-0.25, -0.2) is 4.68 Å². The van der Waals surface area contributed by atoms with Gasteiger partial charge in [0.15, 0.2) is 5.75 Å². The highest BCUT2D eigenvalue weighted by Crippen LogP contribution is 2.18. The molecule has 0 aliphatic heterocycles. The van der Waals surface area contributed by atoms with Gasteiger partial charge < -0.3 is 9.47 Å². The molecule has 1 aromatic heterocycles. The van der Waals surface area contributed by atoms with Crippen LogP contribution in [0.5, 0.6) is 11.5 Å². The Morgan fingerprint density at radius 2 is 2.06 bits per heavy atom. The van der Waals surface area contributed by atoms with Gasteiger partial charge in [-0.3, -0.25) is 0 Å². The molecular formula is C13H16N2O2. The second kappa shape index (κ2) is 4.91. The predicted molar refractivity (Wildman–Crippen MR) is 65.9 cm³/mol. The summed E-state index contributed by atoms with van der Waals surface area (Å²) in [5.74, 6) is 1.58. The highest BCUT2D eigenvalue weighted by Gasteiger charge is 2.04. The van der Waals surface area contributed by atoms with Gasteiger partial charge in [0.05, 0.1) is 31.3 Å². The van der Waals surface area contributed by atoms with E-state index >= 15 is 0 Å². The monoisotopic (exact) mass is 232 g/mol. The second-order valence-corrected chi connectivity index (χ2v) is 3.99. The van der Waals surface area contributed by atoms with Gasteiger partial charge in [-0.2, -0.15) is 5.10 Å². The Morgan fingerprint density at radius 3 is 2.76 bits per heavy atom. The predicted octanol–water partition coefficient (Wildman–Crippen LogP) is 2.67. The lowest BCUT2D eigenvalue weighted by Gasteiger charge is -2.06. The van der Waals surface area contributed by atoms with Crippen molar-refractivity contribution in [3.8, 4) is 17.2 Å². The minimum Gasteiger partial charge on any atom is -0.497 e. The van der Waals surface area contributed by atoms with Crippen LogP contribution in [0.3, 0.4) is 0 Å². The van der Waals surface area contributed by atoms with Crippen molar-refractivity contribution >= 4 is 0 Å². The largest absolute Gasteiger partial charge is 0.497 e. The molecule has 1 aromatic carbocycles. The van der Waals surface area contributed by atoms with Crippen molar-refractivity contribution in [2.24, 2.45) is 0 Å². The quantitative estimate of drug-likeness (QED) is 0.813. The van der Waals surface area contributed by atoms with E-state index in [4.69, 9.17) is 9.47 Å². The summed E-state index contributed by atoms with van der Waals surface area (Å²) in [6.07, 6.45) is 3.71. The first-order chi connectivity index (χ1) is 8.19. The standard InChI is InChI=1S/C13H16N2O2/c1-10(2)17-13-8-14-15(9-13)11-5-4-6-12(7-11)16-3/h4-10H,1-3H3. The third-order valence-corrected chi connectivity index (χ3v) is 2.25. The van der Waals surface area contributed by atoms with Crippen molar-refractivity contribution in [1.82, 2.24) is 9.78 Å². The summed E-state index contributed by atoms with van der Waals surface area (Å²) in [6.45, 7) is 3.98. The van der Waals surface area contributed by atoms with Crippen molar-refractivity contribution in [3.05, 3.63) is 36.7 Å². The van der Waals surface area contributed by atoms with Gasteiger partial charge in [-0.15, -0.1) is 0 Å². The van der Waals surface area contributed by atoms with Gasteiger partial charge in [-0.1, -0.05) is 6.07 Å². The molecule has 0 unspecified atom stereocenters. The molecule has 0 saturated carbocycles. The SMILES string of the molecule is COc1cccc(-n2cc(OC(C)C)cn2)c1. The molecule has 0 aliphatic carbocycles. The number of aromatic nitrogens is 2. The normalized spacial score (nSPS) is 10.6. The number of ether oxygens (including phenoxy) is 2. The van der Waals surface area contributed by atoms with Crippen LogP contribution in [0, 0.1) is 0 Å². The second-order valence-electron chi connectivity index (χ2n) is 3.99. The number of methoxy groups -OCH3 is 1. The van der Waals surface area contributed by atoms with Gasteiger partial charge in [-0.05, 0) is 26.0 Å². The van der Waals surface area contributed by atoms with E-state index in [1.807, 2.05) is 44.3 Å². The van der Waals surface area contributed by atoms with E-state index in [2.05, 4.69) is 5.10 Å². The van der Waals surface area contributed by atoms with Crippen LogP contribution in [-0.4, -0.2) is 23.0 Å². The third kappa shape index (κ3) is 2.78. The molecule has 0 atom stereocenters. The molecule has 0 fully saturated rings. The minimum absolute atomic E-state index is 0.151. The van der Waals surface area contributed by atoms with Crippen molar-refractivity contribution in [1.29, 1.82) is 0 Å². The van der Waals surface area contributed by atoms with Gasteiger partial charge in [0.1, 0.15) is 5.75 Å². The van der Waals surface area contributed by atoms with Gasteiger partial charge in [0.2, 0.25) is 0 Å². The third-order valence-electron chi connectivity index (χ3n) is 2.25. The van der Waals surface area contributed by atoms with Crippen molar-refractivity contribution in [2.75, 3.05) is 7.11 Å². The zero-order valence-corrected chi connectivity index (χ0v) is 10.3. The molecule has 4 nitrogen and oxygen atoms in total. The van der Waals surface area contributed by atoms with Gasteiger partial charge in [0.25, 0.3) is 0 Å². The first-order valence-electron chi connectivity index (χ1n) is 5.55. The lowest BCUT2D eigenvalue weighted by atomic mass is 10.3. The fraction of sp³-hybridized carbons (Fsp3) is 0.308. The summed E-state index contributed by atoms with van der Waals surface area (Å²) in [7, 11) is 1.65. The summed E-state index contributed by atoms with van der Waals surface area (Å²) >= 11 is 0. The fourth-order valence-corrected chi connectivity index (χ4v) is 1.53. The lowest BCUT2D eigenvalue weighted by Crippen LogP contribution is -2.04. The number of nitrogens with zero attached hydrogens (tertiary/aromatic N) is 2. The van der Waals surface area contributed by atoms with E-state index in [0.29, 0.717) is 0 Å². The lowest BCUT2D eigenvalue weighted by molar-refractivity contribution is 0.242. The molecule has 1 heterocycles. The van der Waals surface area contributed by atoms with Crippen LogP contribution in [0.15, 0.2) is 36.7 Å². The van der Waals surface area contributed by atoms with Crippen LogP contribution in [-0.2, 0) is 0 Å². The molecule has 0 aliphatic rings. The highest BCUT2D eigenvalue weighted by atomic mass is 16.5. The van der Waals surface area contributed by atoms with E-state index in [1.54, 1.807) is 18.0 Å². The van der Waals surface area contributed by atoms with Crippen LogP contribution < -0.4 is 9.47 Å². The average Bonchev–Trinajstić information content (AvgIpc) is 2.77. The Morgan fingerprint density at radius 1 is 1.24 bits per heavy atom. The molecule has 0 spiro atoms. The molecule has 0 N–H and O–H groups in total. The smallest absolute Gasteiger partial charge is 0.158 e. The zero-order chi connectivity index (χ0) is 12.3. The molecule has 90 valence electrons. The van der Waals surface area contributed by atoms with Crippen LogP contribution >= 0.6 is 0 Å². The van der Waals surface area contributed by atoms with Crippen LogP contribution in [0.25, 0.3) is 5.69 Å². The Bertz CT molecular complexity index is 492. The van der Waals surface area contributed by atoms with E-state index < -0.39 is 0 Å².